The van der Waals surface area contributed by atoms with E-state index in [0.29, 0.717) is 17.3 Å². The Morgan fingerprint density at radius 1 is 0.968 bits per heavy atom. The second kappa shape index (κ2) is 7.79. The molecule has 0 radical (unpaired) electrons. The van der Waals surface area contributed by atoms with Gasteiger partial charge in [-0.05, 0) is 66.7 Å². The lowest BCUT2D eigenvalue weighted by Gasteiger charge is -2.05. The summed E-state index contributed by atoms with van der Waals surface area (Å²) in [4.78, 5) is 17.1. The number of carbonyl (C=O) groups is 1. The van der Waals surface area contributed by atoms with Gasteiger partial charge in [-0.25, -0.2) is 9.67 Å². The minimum absolute atomic E-state index is 0.290. The molecule has 0 spiro atoms. The topological polar surface area (TPSA) is 82.2 Å². The summed E-state index contributed by atoms with van der Waals surface area (Å²) < 4.78 is 12.6. The van der Waals surface area contributed by atoms with Gasteiger partial charge in [0.25, 0.3) is 5.91 Å². The van der Waals surface area contributed by atoms with Gasteiger partial charge >= 0.3 is 0 Å². The normalized spacial score (nSPS) is 10.9. The molecule has 5 rings (SSSR count). The largest absolute Gasteiger partial charge is 0.497 e. The molecule has 0 unspecified atom stereocenters. The number of hydrogen-bond acceptors (Lipinski definition) is 5. The number of benzene rings is 3. The van der Waals surface area contributed by atoms with Crippen molar-refractivity contribution in [1.82, 2.24) is 14.8 Å². The average molecular weight is 410 g/mol. The van der Waals surface area contributed by atoms with Crippen LogP contribution in [0.5, 0.6) is 5.75 Å². The molecule has 0 saturated heterocycles. The number of aromatic nitrogens is 3. The number of ether oxygens (including phenoxy) is 1. The summed E-state index contributed by atoms with van der Waals surface area (Å²) in [7, 11) is 1.62. The molecule has 0 aliphatic rings. The second-order valence-corrected chi connectivity index (χ2v) is 6.86. The summed E-state index contributed by atoms with van der Waals surface area (Å²) in [6.07, 6.45) is 1.74. The standard InChI is InChI=1S/C24H18N4O3/c1-30-19-12-10-18(11-13-19)28-15-14-21(27-28)23(29)25-17-8-6-16(7-9-17)24-26-20-4-2-3-5-22(20)31-24/h2-15H,1H3,(H,25,29). The molecule has 5 aromatic rings. The van der Waals surface area contributed by atoms with Crippen LogP contribution in [0, 0.1) is 0 Å². The summed E-state index contributed by atoms with van der Waals surface area (Å²) in [5, 5.41) is 7.22. The van der Waals surface area contributed by atoms with Crippen LogP contribution >= 0.6 is 0 Å². The van der Waals surface area contributed by atoms with Gasteiger partial charge in [0, 0.05) is 17.4 Å². The zero-order valence-corrected chi connectivity index (χ0v) is 16.6. The van der Waals surface area contributed by atoms with Crippen LogP contribution in [0.25, 0.3) is 28.2 Å². The summed E-state index contributed by atoms with van der Waals surface area (Å²) >= 11 is 0. The first-order valence-corrected chi connectivity index (χ1v) is 9.67. The van der Waals surface area contributed by atoms with Crippen molar-refractivity contribution in [3.63, 3.8) is 0 Å². The van der Waals surface area contributed by atoms with E-state index in [4.69, 9.17) is 9.15 Å². The number of nitrogens with zero attached hydrogens (tertiary/aromatic N) is 3. The Morgan fingerprint density at radius 2 is 1.74 bits per heavy atom. The maximum atomic E-state index is 12.6. The molecule has 7 heteroatoms. The van der Waals surface area contributed by atoms with E-state index in [0.717, 1.165) is 28.1 Å². The lowest BCUT2D eigenvalue weighted by atomic mass is 10.2. The Morgan fingerprint density at radius 3 is 2.48 bits per heavy atom. The van der Waals surface area contributed by atoms with Crippen molar-refractivity contribution >= 4 is 22.7 Å². The Labute approximate surface area is 177 Å². The highest BCUT2D eigenvalue weighted by Crippen LogP contribution is 2.25. The first-order chi connectivity index (χ1) is 15.2. The Balaban J connectivity index is 1.29. The number of oxazole rings is 1. The monoisotopic (exact) mass is 410 g/mol. The zero-order chi connectivity index (χ0) is 21.2. The van der Waals surface area contributed by atoms with E-state index in [1.165, 1.54) is 0 Å². The van der Waals surface area contributed by atoms with E-state index < -0.39 is 0 Å². The number of anilines is 1. The fourth-order valence-electron chi connectivity index (χ4n) is 3.21. The maximum Gasteiger partial charge on any atom is 0.276 e. The third-order valence-electron chi connectivity index (χ3n) is 4.84. The van der Waals surface area contributed by atoms with E-state index in [2.05, 4.69) is 15.4 Å². The van der Waals surface area contributed by atoms with E-state index >= 15 is 0 Å². The van der Waals surface area contributed by atoms with Crippen molar-refractivity contribution in [2.75, 3.05) is 12.4 Å². The van der Waals surface area contributed by atoms with Gasteiger partial charge in [0.05, 0.1) is 12.8 Å². The lowest BCUT2D eigenvalue weighted by molar-refractivity contribution is 0.102. The molecule has 152 valence electrons. The second-order valence-electron chi connectivity index (χ2n) is 6.86. The number of rotatable bonds is 5. The van der Waals surface area contributed by atoms with Gasteiger partial charge in [-0.3, -0.25) is 4.79 Å². The fourth-order valence-corrected chi connectivity index (χ4v) is 3.21. The first-order valence-electron chi connectivity index (χ1n) is 9.67. The summed E-state index contributed by atoms with van der Waals surface area (Å²) in [6.45, 7) is 0. The van der Waals surface area contributed by atoms with E-state index in [1.54, 1.807) is 24.1 Å². The van der Waals surface area contributed by atoms with Crippen LogP contribution in [0.15, 0.2) is 89.5 Å². The van der Waals surface area contributed by atoms with Crippen LogP contribution in [0.4, 0.5) is 5.69 Å². The number of amides is 1. The van der Waals surface area contributed by atoms with Gasteiger partial charge in [0.15, 0.2) is 11.3 Å². The molecular weight excluding hydrogens is 392 g/mol. The number of para-hydroxylation sites is 2. The van der Waals surface area contributed by atoms with Gasteiger partial charge in [-0.15, -0.1) is 0 Å². The van der Waals surface area contributed by atoms with Crippen LogP contribution in [0.2, 0.25) is 0 Å². The fraction of sp³-hybridized carbons (Fsp3) is 0.0417. The Hall–Kier alpha value is -4.39. The van der Waals surface area contributed by atoms with Gasteiger partial charge < -0.3 is 14.5 Å². The van der Waals surface area contributed by atoms with Gasteiger partial charge in [-0.2, -0.15) is 5.10 Å². The summed E-state index contributed by atoms with van der Waals surface area (Å²) in [6, 6.07) is 24.0. The summed E-state index contributed by atoms with van der Waals surface area (Å²) in [5.41, 5.74) is 4.19. The average Bonchev–Trinajstić information content (AvgIpc) is 3.47. The van der Waals surface area contributed by atoms with Gasteiger partial charge in [0.1, 0.15) is 11.3 Å². The molecule has 1 N–H and O–H groups in total. The smallest absolute Gasteiger partial charge is 0.276 e. The quantitative estimate of drug-likeness (QED) is 0.444. The van der Waals surface area contributed by atoms with Gasteiger partial charge in [-0.1, -0.05) is 12.1 Å². The highest BCUT2D eigenvalue weighted by molar-refractivity contribution is 6.02. The van der Waals surface area contributed by atoms with Crippen LogP contribution < -0.4 is 10.1 Å². The highest BCUT2D eigenvalue weighted by atomic mass is 16.5. The Kier molecular flexibility index (Phi) is 4.68. The van der Waals surface area contributed by atoms with Crippen molar-refractivity contribution in [2.45, 2.75) is 0 Å². The number of hydrogen-bond donors (Lipinski definition) is 1. The molecule has 31 heavy (non-hydrogen) atoms. The van der Waals surface area contributed by atoms with Crippen LogP contribution in [0.3, 0.4) is 0 Å². The number of fused-ring (bicyclic) bond motifs is 1. The number of carbonyl (C=O) groups excluding carboxylic acids is 1. The van der Waals surface area contributed by atoms with E-state index in [9.17, 15) is 4.79 Å². The number of nitrogens with one attached hydrogen (secondary N) is 1. The van der Waals surface area contributed by atoms with Crippen LogP contribution in [-0.4, -0.2) is 27.8 Å². The minimum Gasteiger partial charge on any atom is -0.497 e. The summed E-state index contributed by atoms with van der Waals surface area (Å²) in [5.74, 6) is 1.01. The van der Waals surface area contributed by atoms with E-state index in [1.807, 2.05) is 72.8 Å². The third kappa shape index (κ3) is 3.76. The Bertz CT molecular complexity index is 1320. The molecule has 0 aliphatic carbocycles. The van der Waals surface area contributed by atoms with Crippen molar-refractivity contribution in [2.24, 2.45) is 0 Å². The zero-order valence-electron chi connectivity index (χ0n) is 16.6. The predicted octanol–water partition coefficient (Wildman–Crippen LogP) is 4.94. The first kappa shape index (κ1) is 18.6. The SMILES string of the molecule is COc1ccc(-n2ccc(C(=O)Nc3ccc(-c4nc5ccccc5o4)cc3)n2)cc1. The molecule has 0 saturated carbocycles. The van der Waals surface area contributed by atoms with Crippen molar-refractivity contribution in [1.29, 1.82) is 0 Å². The lowest BCUT2D eigenvalue weighted by Crippen LogP contribution is -2.13. The molecule has 0 bridgehead atoms. The molecule has 2 aromatic heterocycles. The van der Waals surface area contributed by atoms with Crippen LogP contribution in [0.1, 0.15) is 10.5 Å². The molecule has 0 aliphatic heterocycles. The molecule has 0 fully saturated rings. The highest BCUT2D eigenvalue weighted by Gasteiger charge is 2.12. The van der Waals surface area contributed by atoms with E-state index in [-0.39, 0.29) is 5.91 Å². The minimum atomic E-state index is -0.290. The molecule has 0 atom stereocenters. The maximum absolute atomic E-state index is 12.6. The molecule has 3 aromatic carbocycles. The predicted molar refractivity (Wildman–Crippen MR) is 118 cm³/mol. The van der Waals surface area contributed by atoms with Crippen molar-refractivity contribution in [3.05, 3.63) is 90.8 Å². The molecule has 1 amide bonds. The van der Waals surface area contributed by atoms with Gasteiger partial charge in [0.2, 0.25) is 5.89 Å². The van der Waals surface area contributed by atoms with Crippen molar-refractivity contribution in [3.8, 4) is 22.9 Å². The molecule has 2 heterocycles. The molecular formula is C24H18N4O3. The number of methoxy groups -OCH3 is 1. The van der Waals surface area contributed by atoms with Crippen LogP contribution in [-0.2, 0) is 0 Å². The molecule has 7 nitrogen and oxygen atoms in total. The van der Waals surface area contributed by atoms with Crippen molar-refractivity contribution < 1.29 is 13.9 Å². The third-order valence-corrected chi connectivity index (χ3v) is 4.84.